The number of nitrogens with zero attached hydrogens (tertiary/aromatic N) is 1. The van der Waals surface area contributed by atoms with Gasteiger partial charge in [0.1, 0.15) is 5.82 Å². The Balaban J connectivity index is 1.77. The first kappa shape index (κ1) is 19.0. The quantitative estimate of drug-likeness (QED) is 0.695. The number of carbonyl (C=O) groups excluding carboxylic acids is 1. The third-order valence-electron chi connectivity index (χ3n) is 3.51. The van der Waals surface area contributed by atoms with E-state index in [2.05, 4.69) is 15.0 Å². The molecule has 25 heavy (non-hydrogen) atoms. The van der Waals surface area contributed by atoms with Crippen LogP contribution in [-0.2, 0) is 21.2 Å². The molecule has 0 aliphatic carbocycles. The predicted octanol–water partition coefficient (Wildman–Crippen LogP) is 1.56. The maximum Gasteiger partial charge on any atom is 0.241 e. The molecule has 2 N–H and O–H groups in total. The Morgan fingerprint density at radius 1 is 1.24 bits per heavy atom. The topological polar surface area (TPSA) is 88.2 Å². The van der Waals surface area contributed by atoms with Gasteiger partial charge in [-0.3, -0.25) is 9.78 Å². The van der Waals surface area contributed by atoms with E-state index in [0.717, 1.165) is 24.2 Å². The summed E-state index contributed by atoms with van der Waals surface area (Å²) in [5, 5.41) is 2.65. The van der Waals surface area contributed by atoms with Crippen molar-refractivity contribution in [3.05, 3.63) is 59.7 Å². The molecule has 0 saturated heterocycles. The van der Waals surface area contributed by atoms with Crippen molar-refractivity contribution in [2.24, 2.45) is 0 Å². The fourth-order valence-corrected chi connectivity index (χ4v) is 3.47. The van der Waals surface area contributed by atoms with Crippen LogP contribution in [0.25, 0.3) is 0 Å². The molecule has 0 bridgehead atoms. The van der Waals surface area contributed by atoms with Gasteiger partial charge >= 0.3 is 0 Å². The number of pyridine rings is 1. The summed E-state index contributed by atoms with van der Waals surface area (Å²) in [6, 6.07) is 9.01. The number of amides is 1. The van der Waals surface area contributed by atoms with Crippen molar-refractivity contribution in [1.29, 1.82) is 0 Å². The average Bonchev–Trinajstić information content (AvgIpc) is 2.57. The molecular weight excluding hydrogens is 345 g/mol. The fraction of sp³-hybridized carbons (Fsp3) is 0.294. The molecule has 2 rings (SSSR count). The zero-order chi connectivity index (χ0) is 18.3. The Hall–Kier alpha value is -2.32. The van der Waals surface area contributed by atoms with E-state index in [1.54, 1.807) is 6.20 Å². The third-order valence-corrected chi connectivity index (χ3v) is 5.07. The second-order valence-electron chi connectivity index (χ2n) is 5.51. The average molecular weight is 365 g/mol. The highest BCUT2D eigenvalue weighted by molar-refractivity contribution is 7.89. The summed E-state index contributed by atoms with van der Waals surface area (Å²) in [5.41, 5.74) is 1.22. The second kappa shape index (κ2) is 8.68. The second-order valence-corrected chi connectivity index (χ2v) is 7.24. The van der Waals surface area contributed by atoms with Crippen LogP contribution in [0.3, 0.4) is 0 Å². The van der Waals surface area contributed by atoms with Crippen LogP contribution in [0.4, 0.5) is 4.39 Å². The first-order valence-electron chi connectivity index (χ1n) is 7.81. The Kier molecular flexibility index (Phi) is 6.60. The molecule has 1 heterocycles. The summed E-state index contributed by atoms with van der Waals surface area (Å²) in [5.74, 6) is -0.938. The lowest BCUT2D eigenvalue weighted by Gasteiger charge is -2.10. The molecular formula is C17H20FN3O3S. The van der Waals surface area contributed by atoms with Gasteiger partial charge in [0, 0.05) is 18.4 Å². The number of aryl methyl sites for hydroxylation is 2. The lowest BCUT2D eigenvalue weighted by molar-refractivity contribution is -0.119. The molecule has 2 aromatic rings. The van der Waals surface area contributed by atoms with Crippen LogP contribution < -0.4 is 10.0 Å². The number of sulfonamides is 1. The Morgan fingerprint density at radius 2 is 2.04 bits per heavy atom. The summed E-state index contributed by atoms with van der Waals surface area (Å²) in [4.78, 5) is 15.9. The number of rotatable bonds is 8. The SMILES string of the molecule is Cc1cc(F)ccc1S(=O)(=O)NCC(=O)NCCCc1ccccn1. The van der Waals surface area contributed by atoms with Crippen molar-refractivity contribution in [3.63, 3.8) is 0 Å². The molecule has 134 valence electrons. The van der Waals surface area contributed by atoms with Crippen LogP contribution in [0, 0.1) is 12.7 Å². The minimum Gasteiger partial charge on any atom is -0.355 e. The standard InChI is InChI=1S/C17H20FN3O3S/c1-13-11-14(18)7-8-16(13)25(23,24)21-12-17(22)20-10-4-6-15-5-2-3-9-19-15/h2-3,5,7-9,11,21H,4,6,10,12H2,1H3,(H,20,22). The molecule has 0 aliphatic heterocycles. The smallest absolute Gasteiger partial charge is 0.241 e. The number of hydrogen-bond acceptors (Lipinski definition) is 4. The maximum absolute atomic E-state index is 13.1. The molecule has 8 heteroatoms. The van der Waals surface area contributed by atoms with Gasteiger partial charge in [0.25, 0.3) is 0 Å². The summed E-state index contributed by atoms with van der Waals surface area (Å²) < 4.78 is 39.6. The fourth-order valence-electron chi connectivity index (χ4n) is 2.26. The van der Waals surface area contributed by atoms with E-state index in [1.165, 1.54) is 13.0 Å². The first-order valence-corrected chi connectivity index (χ1v) is 9.29. The number of halogens is 1. The van der Waals surface area contributed by atoms with Crippen molar-refractivity contribution in [1.82, 2.24) is 15.0 Å². The van der Waals surface area contributed by atoms with E-state index < -0.39 is 21.7 Å². The van der Waals surface area contributed by atoms with E-state index in [-0.39, 0.29) is 17.0 Å². The van der Waals surface area contributed by atoms with E-state index in [1.807, 2.05) is 18.2 Å². The number of benzene rings is 1. The Morgan fingerprint density at radius 3 is 2.72 bits per heavy atom. The highest BCUT2D eigenvalue weighted by Crippen LogP contribution is 2.15. The highest BCUT2D eigenvalue weighted by Gasteiger charge is 2.18. The first-order chi connectivity index (χ1) is 11.9. The van der Waals surface area contributed by atoms with Gasteiger partial charge in [0.2, 0.25) is 15.9 Å². The molecule has 0 saturated carbocycles. The molecule has 1 aromatic heterocycles. The monoisotopic (exact) mass is 365 g/mol. The van der Waals surface area contributed by atoms with E-state index in [4.69, 9.17) is 0 Å². The number of hydrogen-bond donors (Lipinski definition) is 2. The lowest BCUT2D eigenvalue weighted by atomic mass is 10.2. The van der Waals surface area contributed by atoms with Crippen molar-refractivity contribution in [2.45, 2.75) is 24.7 Å². The number of nitrogens with one attached hydrogen (secondary N) is 2. The molecule has 0 fully saturated rings. The summed E-state index contributed by atoms with van der Waals surface area (Å²) >= 11 is 0. The molecule has 0 aliphatic rings. The van der Waals surface area contributed by atoms with Gasteiger partial charge in [-0.05, 0) is 55.7 Å². The molecule has 0 spiro atoms. The van der Waals surface area contributed by atoms with Crippen LogP contribution in [0.2, 0.25) is 0 Å². The third kappa shape index (κ3) is 5.91. The van der Waals surface area contributed by atoms with Gasteiger partial charge in [-0.2, -0.15) is 0 Å². The predicted molar refractivity (Wildman–Crippen MR) is 91.9 cm³/mol. The van der Waals surface area contributed by atoms with Crippen LogP contribution in [-0.4, -0.2) is 32.4 Å². The van der Waals surface area contributed by atoms with Crippen LogP contribution in [0.5, 0.6) is 0 Å². The zero-order valence-electron chi connectivity index (χ0n) is 13.8. The van der Waals surface area contributed by atoms with Crippen molar-refractivity contribution >= 4 is 15.9 Å². The summed E-state index contributed by atoms with van der Waals surface area (Å²) in [6.45, 7) is 1.55. The van der Waals surface area contributed by atoms with Crippen molar-refractivity contribution in [3.8, 4) is 0 Å². The lowest BCUT2D eigenvalue weighted by Crippen LogP contribution is -2.37. The van der Waals surface area contributed by atoms with Crippen LogP contribution in [0.1, 0.15) is 17.7 Å². The van der Waals surface area contributed by atoms with Crippen LogP contribution in [0.15, 0.2) is 47.5 Å². The van der Waals surface area contributed by atoms with Gasteiger partial charge < -0.3 is 5.32 Å². The Bertz CT molecular complexity index is 826. The van der Waals surface area contributed by atoms with Gasteiger partial charge in [0.15, 0.2) is 0 Å². The minimum absolute atomic E-state index is 0.0446. The molecule has 6 nitrogen and oxygen atoms in total. The van der Waals surface area contributed by atoms with Crippen molar-refractivity contribution in [2.75, 3.05) is 13.1 Å². The maximum atomic E-state index is 13.1. The largest absolute Gasteiger partial charge is 0.355 e. The molecule has 1 amide bonds. The normalized spacial score (nSPS) is 11.3. The number of aromatic nitrogens is 1. The molecule has 0 atom stereocenters. The van der Waals surface area contributed by atoms with E-state index in [9.17, 15) is 17.6 Å². The molecule has 0 unspecified atom stereocenters. The van der Waals surface area contributed by atoms with Gasteiger partial charge in [-0.1, -0.05) is 6.07 Å². The minimum atomic E-state index is -3.86. The van der Waals surface area contributed by atoms with Gasteiger partial charge in [0.05, 0.1) is 11.4 Å². The zero-order valence-corrected chi connectivity index (χ0v) is 14.6. The molecule has 0 radical (unpaired) electrons. The Labute approximate surface area is 146 Å². The summed E-state index contributed by atoms with van der Waals surface area (Å²) in [6.07, 6.45) is 3.13. The number of carbonyl (C=O) groups is 1. The van der Waals surface area contributed by atoms with Gasteiger partial charge in [-0.25, -0.2) is 17.5 Å². The van der Waals surface area contributed by atoms with Gasteiger partial charge in [-0.15, -0.1) is 0 Å². The van der Waals surface area contributed by atoms with Crippen LogP contribution >= 0.6 is 0 Å². The van der Waals surface area contributed by atoms with E-state index in [0.29, 0.717) is 13.0 Å². The van der Waals surface area contributed by atoms with E-state index >= 15 is 0 Å². The molecule has 1 aromatic carbocycles. The highest BCUT2D eigenvalue weighted by atomic mass is 32.2. The summed E-state index contributed by atoms with van der Waals surface area (Å²) in [7, 11) is -3.86. The van der Waals surface area contributed by atoms with Crippen molar-refractivity contribution < 1.29 is 17.6 Å².